The Morgan fingerprint density at radius 1 is 1.16 bits per heavy atom. The van der Waals surface area contributed by atoms with E-state index in [0.717, 1.165) is 47.8 Å². The van der Waals surface area contributed by atoms with E-state index < -0.39 is 0 Å². The van der Waals surface area contributed by atoms with Crippen molar-refractivity contribution >= 4 is 16.5 Å². The molecule has 0 amide bonds. The number of fused-ring (bicyclic) bond motifs is 3. The predicted octanol–water partition coefficient (Wildman–Crippen LogP) is 5.54. The largest absolute Gasteiger partial charge is 0.486 e. The maximum atomic E-state index is 15.6. The smallest absolute Gasteiger partial charge is 0.186 e. The zero-order valence-corrected chi connectivity index (χ0v) is 23.0. The van der Waals surface area contributed by atoms with Crippen molar-refractivity contribution in [2.45, 2.75) is 89.8 Å². The van der Waals surface area contributed by atoms with Gasteiger partial charge < -0.3 is 19.7 Å². The van der Waals surface area contributed by atoms with Gasteiger partial charge in [-0.05, 0) is 71.9 Å². The zero-order chi connectivity index (χ0) is 25.9. The highest BCUT2D eigenvalue weighted by atomic mass is 32.1. The molecule has 6 rings (SSSR count). The quantitative estimate of drug-likeness (QED) is 0.478. The minimum Gasteiger partial charge on any atom is -0.486 e. The number of halogens is 1. The first kappa shape index (κ1) is 24.8. The van der Waals surface area contributed by atoms with Crippen molar-refractivity contribution in [2.24, 2.45) is 0 Å². The molecule has 0 bridgehead atoms. The van der Waals surface area contributed by atoms with E-state index in [1.165, 1.54) is 6.07 Å². The van der Waals surface area contributed by atoms with Crippen LogP contribution in [-0.4, -0.2) is 50.8 Å². The lowest BCUT2D eigenvalue weighted by Gasteiger charge is -2.48. The molecule has 5 heterocycles. The zero-order valence-electron chi connectivity index (χ0n) is 22.2. The summed E-state index contributed by atoms with van der Waals surface area (Å²) in [4.78, 5) is 9.60. The molecule has 1 N–H and O–H groups in total. The van der Waals surface area contributed by atoms with Gasteiger partial charge in [0.15, 0.2) is 11.4 Å². The first-order valence-corrected chi connectivity index (χ1v) is 13.9. The molecule has 3 aromatic rings. The van der Waals surface area contributed by atoms with Gasteiger partial charge in [0.2, 0.25) is 0 Å². The second-order valence-corrected chi connectivity index (χ2v) is 12.8. The Morgan fingerprint density at radius 2 is 1.95 bits per heavy atom. The van der Waals surface area contributed by atoms with Crippen LogP contribution in [0.25, 0.3) is 21.7 Å². The summed E-state index contributed by atoms with van der Waals surface area (Å²) >= 11 is 1.54. The van der Waals surface area contributed by atoms with Crippen molar-refractivity contribution in [2.75, 3.05) is 18.6 Å². The molecule has 10 heteroatoms. The molecule has 198 valence electrons. The van der Waals surface area contributed by atoms with Crippen LogP contribution in [0, 0.1) is 5.82 Å². The minimum atomic E-state index is -0.334. The van der Waals surface area contributed by atoms with Crippen molar-refractivity contribution in [3.8, 4) is 27.4 Å². The number of hydrogen-bond acceptors (Lipinski definition) is 8. The first-order valence-electron chi connectivity index (χ1n) is 13.1. The summed E-state index contributed by atoms with van der Waals surface area (Å²) in [5.41, 5.74) is 2.57. The number of thiazole rings is 1. The molecule has 3 aliphatic heterocycles. The average Bonchev–Trinajstić information content (AvgIpc) is 3.49. The van der Waals surface area contributed by atoms with E-state index >= 15 is 4.39 Å². The second-order valence-electron chi connectivity index (χ2n) is 11.8. The molecule has 0 radical (unpaired) electrons. The van der Waals surface area contributed by atoms with Crippen molar-refractivity contribution in [3.63, 3.8) is 0 Å². The third kappa shape index (κ3) is 4.75. The van der Waals surface area contributed by atoms with E-state index in [4.69, 9.17) is 14.5 Å². The van der Waals surface area contributed by atoms with Crippen molar-refractivity contribution in [1.82, 2.24) is 25.3 Å². The maximum Gasteiger partial charge on any atom is 0.186 e. The summed E-state index contributed by atoms with van der Waals surface area (Å²) in [6.07, 6.45) is 6.55. The van der Waals surface area contributed by atoms with E-state index in [2.05, 4.69) is 55.2 Å². The Balaban J connectivity index is 1.28. The topological polar surface area (TPSA) is 77.3 Å². The molecular weight excluding hydrogens is 491 g/mol. The van der Waals surface area contributed by atoms with Crippen molar-refractivity contribution in [1.29, 1.82) is 0 Å². The van der Waals surface area contributed by atoms with E-state index in [0.29, 0.717) is 41.8 Å². The summed E-state index contributed by atoms with van der Waals surface area (Å²) in [7, 11) is 2.10. The highest BCUT2D eigenvalue weighted by Crippen LogP contribution is 2.47. The number of aromatic nitrogens is 4. The fourth-order valence-corrected chi connectivity index (χ4v) is 7.30. The van der Waals surface area contributed by atoms with Gasteiger partial charge >= 0.3 is 0 Å². The van der Waals surface area contributed by atoms with Crippen LogP contribution in [-0.2, 0) is 11.3 Å². The van der Waals surface area contributed by atoms with Crippen LogP contribution in [0.2, 0.25) is 0 Å². The molecule has 1 aromatic carbocycles. The number of rotatable bonds is 4. The normalized spacial score (nSPS) is 22.7. The Labute approximate surface area is 221 Å². The molecule has 8 nitrogen and oxygen atoms in total. The molecule has 2 fully saturated rings. The number of nitrogens with one attached hydrogen (secondary N) is 1. The fraction of sp³-hybridized carbons (Fsp3) is 0.593. The van der Waals surface area contributed by atoms with Gasteiger partial charge in [-0.2, -0.15) is 15.0 Å². The Bertz CT molecular complexity index is 1300. The van der Waals surface area contributed by atoms with Crippen LogP contribution in [0.1, 0.15) is 71.7 Å². The number of piperidine rings is 1. The van der Waals surface area contributed by atoms with E-state index in [1.54, 1.807) is 22.3 Å². The summed E-state index contributed by atoms with van der Waals surface area (Å²) in [5, 5.41) is 13.6. The highest BCUT2D eigenvalue weighted by Gasteiger charge is 2.40. The maximum absolute atomic E-state index is 15.6. The molecule has 3 aliphatic rings. The number of nitrogens with zero attached hydrogens (tertiary/aromatic N) is 5. The lowest BCUT2D eigenvalue weighted by Crippen LogP contribution is -2.61. The second kappa shape index (κ2) is 9.03. The van der Waals surface area contributed by atoms with Crippen LogP contribution in [0.5, 0.6) is 5.75 Å². The van der Waals surface area contributed by atoms with E-state index in [1.807, 2.05) is 6.07 Å². The SMILES string of the molecule is CN(c1nc2c(s1)-c1c(F)cc(-c3cnn(C4CCCCO4)n3)cc1OC2)C1CC(C)(C)NC(C)(C)C1. The predicted molar refractivity (Wildman–Crippen MR) is 142 cm³/mol. The summed E-state index contributed by atoms with van der Waals surface area (Å²) in [6, 6.07) is 3.72. The van der Waals surface area contributed by atoms with Gasteiger partial charge in [-0.25, -0.2) is 9.37 Å². The van der Waals surface area contributed by atoms with Crippen molar-refractivity contribution < 1.29 is 13.9 Å². The van der Waals surface area contributed by atoms with Crippen LogP contribution < -0.4 is 15.0 Å². The minimum absolute atomic E-state index is 0.0285. The van der Waals surface area contributed by atoms with E-state index in [9.17, 15) is 0 Å². The third-order valence-corrected chi connectivity index (χ3v) is 8.77. The number of ether oxygens (including phenoxy) is 2. The summed E-state index contributed by atoms with van der Waals surface area (Å²) < 4.78 is 27.4. The molecule has 0 spiro atoms. The number of hydrogen-bond donors (Lipinski definition) is 1. The van der Waals surface area contributed by atoms with Crippen LogP contribution in [0.15, 0.2) is 18.3 Å². The molecule has 37 heavy (non-hydrogen) atoms. The molecular formula is C27H35FN6O2S. The van der Waals surface area contributed by atoms with Crippen LogP contribution in [0.3, 0.4) is 0 Å². The lowest BCUT2D eigenvalue weighted by atomic mass is 9.79. The Kier molecular flexibility index (Phi) is 6.04. The molecule has 0 aliphatic carbocycles. The first-order chi connectivity index (χ1) is 17.6. The summed E-state index contributed by atoms with van der Waals surface area (Å²) in [6.45, 7) is 10.0. The van der Waals surface area contributed by atoms with Gasteiger partial charge in [0, 0.05) is 36.3 Å². The standard InChI is InChI=1S/C27H35FN6O2S/c1-26(2)12-17(13-27(3,4)32-26)33(5)25-30-20-15-36-21-11-16(10-18(28)23(21)24(20)37-25)19-14-29-34(31-19)22-8-6-7-9-35-22/h10-11,14,17,22,32H,6-9,12-13,15H2,1-5H3. The van der Waals surface area contributed by atoms with Gasteiger partial charge in [-0.1, -0.05) is 11.3 Å². The number of anilines is 1. The van der Waals surface area contributed by atoms with Gasteiger partial charge in [0.25, 0.3) is 0 Å². The monoisotopic (exact) mass is 526 g/mol. The Morgan fingerprint density at radius 3 is 2.68 bits per heavy atom. The third-order valence-electron chi connectivity index (χ3n) is 7.57. The molecule has 2 aromatic heterocycles. The average molecular weight is 527 g/mol. The lowest BCUT2D eigenvalue weighted by molar-refractivity contribution is -0.0479. The van der Waals surface area contributed by atoms with Crippen LogP contribution in [0.4, 0.5) is 9.52 Å². The fourth-order valence-electron chi connectivity index (χ4n) is 6.14. The van der Waals surface area contributed by atoms with Gasteiger partial charge in [-0.15, -0.1) is 0 Å². The van der Waals surface area contributed by atoms with Gasteiger partial charge in [-0.3, -0.25) is 0 Å². The molecule has 1 atom stereocenters. The van der Waals surface area contributed by atoms with E-state index in [-0.39, 0.29) is 23.1 Å². The molecule has 0 saturated carbocycles. The van der Waals surface area contributed by atoms with Crippen LogP contribution >= 0.6 is 11.3 Å². The molecule has 2 saturated heterocycles. The van der Waals surface area contributed by atoms with Crippen molar-refractivity contribution in [3.05, 3.63) is 29.8 Å². The highest BCUT2D eigenvalue weighted by molar-refractivity contribution is 7.19. The summed E-state index contributed by atoms with van der Waals surface area (Å²) in [5.74, 6) is 0.187. The Hall–Kier alpha value is -2.56. The van der Waals surface area contributed by atoms with Gasteiger partial charge in [0.1, 0.15) is 23.9 Å². The number of benzene rings is 1. The molecule has 1 unspecified atom stereocenters. The van der Waals surface area contributed by atoms with Gasteiger partial charge in [0.05, 0.1) is 22.3 Å².